The SMILES string of the molecule is CCCCCCCCCC(C)OC(=O)NC(C)c1cccc2ccccc12. The van der Waals surface area contributed by atoms with E-state index in [0.29, 0.717) is 0 Å². The van der Waals surface area contributed by atoms with Gasteiger partial charge in [-0.3, -0.25) is 0 Å². The Kier molecular flexibility index (Phi) is 9.17. The molecule has 0 aliphatic heterocycles. The van der Waals surface area contributed by atoms with Crippen molar-refractivity contribution in [1.29, 1.82) is 0 Å². The highest BCUT2D eigenvalue weighted by molar-refractivity contribution is 5.86. The molecule has 0 radical (unpaired) electrons. The molecule has 0 aromatic heterocycles. The molecular formula is C24H35NO2. The number of ether oxygens (including phenoxy) is 1. The summed E-state index contributed by atoms with van der Waals surface area (Å²) < 4.78 is 5.55. The normalized spacial score (nSPS) is 13.3. The van der Waals surface area contributed by atoms with Gasteiger partial charge in [0.1, 0.15) is 6.10 Å². The number of alkyl carbamates (subject to hydrolysis) is 1. The van der Waals surface area contributed by atoms with E-state index in [0.717, 1.165) is 18.4 Å². The molecule has 148 valence electrons. The van der Waals surface area contributed by atoms with Crippen molar-refractivity contribution in [3.05, 3.63) is 48.0 Å². The number of carbonyl (C=O) groups excluding carboxylic acids is 1. The third kappa shape index (κ3) is 7.24. The van der Waals surface area contributed by atoms with Crippen molar-refractivity contribution >= 4 is 16.9 Å². The molecule has 1 amide bonds. The molecule has 2 unspecified atom stereocenters. The van der Waals surface area contributed by atoms with E-state index >= 15 is 0 Å². The second-order valence-corrected chi connectivity index (χ2v) is 7.56. The molecule has 27 heavy (non-hydrogen) atoms. The molecule has 2 rings (SSSR count). The van der Waals surface area contributed by atoms with Crippen LogP contribution in [0.5, 0.6) is 0 Å². The fourth-order valence-electron chi connectivity index (χ4n) is 3.55. The van der Waals surface area contributed by atoms with Crippen LogP contribution in [0.15, 0.2) is 42.5 Å². The van der Waals surface area contributed by atoms with E-state index in [1.807, 2.05) is 32.0 Å². The summed E-state index contributed by atoms with van der Waals surface area (Å²) in [5, 5.41) is 5.34. The maximum absolute atomic E-state index is 12.2. The lowest BCUT2D eigenvalue weighted by atomic mass is 10.00. The van der Waals surface area contributed by atoms with Crippen LogP contribution in [0.2, 0.25) is 0 Å². The van der Waals surface area contributed by atoms with Gasteiger partial charge in [-0.15, -0.1) is 0 Å². The Hall–Kier alpha value is -2.03. The predicted molar refractivity (Wildman–Crippen MR) is 114 cm³/mol. The summed E-state index contributed by atoms with van der Waals surface area (Å²) in [6.07, 6.45) is 9.51. The smallest absolute Gasteiger partial charge is 0.407 e. The van der Waals surface area contributed by atoms with Crippen LogP contribution >= 0.6 is 0 Å². The third-order valence-electron chi connectivity index (χ3n) is 5.15. The molecule has 0 fully saturated rings. The van der Waals surface area contributed by atoms with Crippen molar-refractivity contribution in [1.82, 2.24) is 5.32 Å². The van der Waals surface area contributed by atoms with E-state index in [4.69, 9.17) is 4.74 Å². The Morgan fingerprint density at radius 1 is 0.926 bits per heavy atom. The number of fused-ring (bicyclic) bond motifs is 1. The molecule has 0 aliphatic rings. The number of rotatable bonds is 11. The van der Waals surface area contributed by atoms with Crippen molar-refractivity contribution in [2.24, 2.45) is 0 Å². The summed E-state index contributed by atoms with van der Waals surface area (Å²) in [5.74, 6) is 0. The molecule has 0 bridgehead atoms. The molecule has 0 saturated heterocycles. The zero-order chi connectivity index (χ0) is 19.5. The molecule has 0 spiro atoms. The first-order valence-corrected chi connectivity index (χ1v) is 10.6. The van der Waals surface area contributed by atoms with Crippen LogP contribution in [0, 0.1) is 0 Å². The molecule has 0 saturated carbocycles. The molecule has 0 aliphatic carbocycles. The minimum atomic E-state index is -0.328. The molecule has 3 heteroatoms. The summed E-state index contributed by atoms with van der Waals surface area (Å²) in [6, 6.07) is 14.3. The van der Waals surface area contributed by atoms with E-state index in [1.54, 1.807) is 0 Å². The van der Waals surface area contributed by atoms with Crippen LogP contribution in [-0.4, -0.2) is 12.2 Å². The standard InChI is InChI=1S/C24H35NO2/c1-4-5-6-7-8-9-10-14-19(2)27-24(26)25-20(3)22-18-13-16-21-15-11-12-17-23(21)22/h11-13,15-20H,4-10,14H2,1-3H3,(H,25,26). The monoisotopic (exact) mass is 369 g/mol. The molecular weight excluding hydrogens is 334 g/mol. The van der Waals surface area contributed by atoms with E-state index in [1.165, 1.54) is 49.3 Å². The summed E-state index contributed by atoms with van der Waals surface area (Å²) in [5.41, 5.74) is 1.12. The van der Waals surface area contributed by atoms with Crippen molar-refractivity contribution in [3.63, 3.8) is 0 Å². The summed E-state index contributed by atoms with van der Waals surface area (Å²) in [6.45, 7) is 6.23. The highest BCUT2D eigenvalue weighted by Crippen LogP contribution is 2.24. The van der Waals surface area contributed by atoms with Gasteiger partial charge in [-0.1, -0.05) is 87.9 Å². The van der Waals surface area contributed by atoms with Gasteiger partial charge in [-0.25, -0.2) is 4.79 Å². The summed E-state index contributed by atoms with van der Waals surface area (Å²) in [4.78, 5) is 12.2. The largest absolute Gasteiger partial charge is 0.447 e. The van der Waals surface area contributed by atoms with E-state index < -0.39 is 0 Å². The first-order valence-electron chi connectivity index (χ1n) is 10.6. The van der Waals surface area contributed by atoms with Crippen molar-refractivity contribution < 1.29 is 9.53 Å². The molecule has 2 aromatic rings. The molecule has 0 heterocycles. The van der Waals surface area contributed by atoms with E-state index in [2.05, 4.69) is 36.5 Å². The Morgan fingerprint density at radius 2 is 1.59 bits per heavy atom. The Morgan fingerprint density at radius 3 is 2.37 bits per heavy atom. The van der Waals surface area contributed by atoms with Crippen LogP contribution in [0.3, 0.4) is 0 Å². The lowest BCUT2D eigenvalue weighted by molar-refractivity contribution is 0.0981. The number of nitrogens with one attached hydrogen (secondary N) is 1. The van der Waals surface area contributed by atoms with Gasteiger partial charge < -0.3 is 10.1 Å². The fraction of sp³-hybridized carbons (Fsp3) is 0.542. The zero-order valence-corrected chi connectivity index (χ0v) is 17.2. The van der Waals surface area contributed by atoms with E-state index in [-0.39, 0.29) is 18.2 Å². The van der Waals surface area contributed by atoms with Gasteiger partial charge in [0, 0.05) is 0 Å². The van der Waals surface area contributed by atoms with Gasteiger partial charge in [-0.05, 0) is 43.0 Å². The first-order chi connectivity index (χ1) is 13.1. The van der Waals surface area contributed by atoms with Gasteiger partial charge in [0.15, 0.2) is 0 Å². The predicted octanol–water partition coefficient (Wildman–Crippen LogP) is 7.16. The van der Waals surface area contributed by atoms with Gasteiger partial charge in [-0.2, -0.15) is 0 Å². The van der Waals surface area contributed by atoms with Crippen molar-refractivity contribution in [2.75, 3.05) is 0 Å². The maximum atomic E-state index is 12.2. The topological polar surface area (TPSA) is 38.3 Å². The molecule has 2 aromatic carbocycles. The average Bonchev–Trinajstić information content (AvgIpc) is 2.66. The maximum Gasteiger partial charge on any atom is 0.407 e. The van der Waals surface area contributed by atoms with Crippen LogP contribution < -0.4 is 5.32 Å². The zero-order valence-electron chi connectivity index (χ0n) is 17.2. The quantitative estimate of drug-likeness (QED) is 0.427. The van der Waals surface area contributed by atoms with Gasteiger partial charge >= 0.3 is 6.09 Å². The minimum Gasteiger partial charge on any atom is -0.447 e. The van der Waals surface area contributed by atoms with Crippen molar-refractivity contribution in [2.45, 2.75) is 84.3 Å². The van der Waals surface area contributed by atoms with Crippen LogP contribution in [-0.2, 0) is 4.74 Å². The van der Waals surface area contributed by atoms with Crippen LogP contribution in [0.25, 0.3) is 10.8 Å². The number of hydrogen-bond donors (Lipinski definition) is 1. The Labute approximate surface area is 164 Å². The molecule has 3 nitrogen and oxygen atoms in total. The summed E-state index contributed by atoms with van der Waals surface area (Å²) >= 11 is 0. The van der Waals surface area contributed by atoms with Crippen molar-refractivity contribution in [3.8, 4) is 0 Å². The molecule has 1 N–H and O–H groups in total. The summed E-state index contributed by atoms with van der Waals surface area (Å²) in [7, 11) is 0. The first kappa shape index (κ1) is 21.3. The number of carbonyl (C=O) groups is 1. The lowest BCUT2D eigenvalue weighted by Gasteiger charge is -2.19. The highest BCUT2D eigenvalue weighted by atomic mass is 16.6. The van der Waals surface area contributed by atoms with Gasteiger partial charge in [0.2, 0.25) is 0 Å². The number of unbranched alkanes of at least 4 members (excludes halogenated alkanes) is 6. The van der Waals surface area contributed by atoms with Gasteiger partial charge in [0.05, 0.1) is 6.04 Å². The number of amides is 1. The van der Waals surface area contributed by atoms with Crippen LogP contribution in [0.1, 0.15) is 83.7 Å². The van der Waals surface area contributed by atoms with Crippen LogP contribution in [0.4, 0.5) is 4.79 Å². The second kappa shape index (κ2) is 11.6. The Bertz CT molecular complexity index is 692. The minimum absolute atomic E-state index is 0.0413. The third-order valence-corrected chi connectivity index (χ3v) is 5.15. The van der Waals surface area contributed by atoms with E-state index in [9.17, 15) is 4.79 Å². The number of hydrogen-bond acceptors (Lipinski definition) is 2. The average molecular weight is 370 g/mol. The van der Waals surface area contributed by atoms with Gasteiger partial charge in [0.25, 0.3) is 0 Å². The second-order valence-electron chi connectivity index (χ2n) is 7.56. The lowest BCUT2D eigenvalue weighted by Crippen LogP contribution is -2.30. The molecule has 2 atom stereocenters. The number of benzene rings is 2. The highest BCUT2D eigenvalue weighted by Gasteiger charge is 2.15. The fourth-order valence-corrected chi connectivity index (χ4v) is 3.55. The Balaban J connectivity index is 1.73.